The summed E-state index contributed by atoms with van der Waals surface area (Å²) in [7, 11) is 3.67. The number of amides is 1. The summed E-state index contributed by atoms with van der Waals surface area (Å²) < 4.78 is 20.3. The van der Waals surface area contributed by atoms with Gasteiger partial charge < -0.3 is 31.0 Å². The summed E-state index contributed by atoms with van der Waals surface area (Å²) in [5, 5.41) is 6.69. The number of para-hydroxylation sites is 1. The van der Waals surface area contributed by atoms with E-state index in [4.69, 9.17) is 10.5 Å². The Kier molecular flexibility index (Phi) is 8.54. The van der Waals surface area contributed by atoms with Gasteiger partial charge in [-0.15, -0.1) is 0 Å². The number of benzene rings is 1. The number of anilines is 2. The second kappa shape index (κ2) is 12.0. The van der Waals surface area contributed by atoms with Crippen LogP contribution in [0.3, 0.4) is 0 Å². The number of aliphatic imine (C=N–C) groups is 1. The summed E-state index contributed by atoms with van der Waals surface area (Å²) in [5.74, 6) is -0.451. The molecule has 4 rings (SSSR count). The van der Waals surface area contributed by atoms with Crippen LogP contribution in [-0.2, 0) is 9.53 Å². The van der Waals surface area contributed by atoms with Crippen molar-refractivity contribution in [2.75, 3.05) is 57.5 Å². The minimum Gasteiger partial charge on any atom is -0.478 e. The molecule has 1 aliphatic heterocycles. The molecule has 0 aliphatic carbocycles. The molecule has 1 fully saturated rings. The van der Waals surface area contributed by atoms with Crippen molar-refractivity contribution in [3.05, 3.63) is 48.0 Å². The Balaban J connectivity index is 1.60. The van der Waals surface area contributed by atoms with Crippen molar-refractivity contribution < 1.29 is 13.9 Å². The average Bonchev–Trinajstić information content (AvgIpc) is 3.34. The van der Waals surface area contributed by atoms with Gasteiger partial charge in [-0.05, 0) is 27.0 Å². The number of halogens is 1. The molecule has 2 aromatic heterocycles. The van der Waals surface area contributed by atoms with E-state index >= 15 is 0 Å². The fraction of sp³-hybridized carbons (Fsp3) is 0.385. The lowest BCUT2D eigenvalue weighted by Crippen LogP contribution is -2.51. The number of aromatic nitrogens is 3. The molecule has 3 aromatic rings. The fourth-order valence-electron chi connectivity index (χ4n) is 4.32. The normalized spacial score (nSPS) is 16.4. The van der Waals surface area contributed by atoms with Crippen LogP contribution in [0.2, 0.25) is 0 Å². The number of allylic oxidation sites excluding steroid dienone is 1. The summed E-state index contributed by atoms with van der Waals surface area (Å²) in [6.07, 6.45) is 4.23. The number of likely N-dealkylation sites (N-methyl/N-ethyl adjacent to an activating group) is 1. The van der Waals surface area contributed by atoms with Crippen LogP contribution in [0.4, 0.5) is 16.0 Å². The highest BCUT2D eigenvalue weighted by molar-refractivity contribution is 6.06. The summed E-state index contributed by atoms with van der Waals surface area (Å²) >= 11 is 0. The van der Waals surface area contributed by atoms with Crippen molar-refractivity contribution >= 4 is 34.7 Å². The van der Waals surface area contributed by atoms with Crippen molar-refractivity contribution in [3.8, 4) is 11.3 Å². The zero-order valence-electron chi connectivity index (χ0n) is 22.1. The van der Waals surface area contributed by atoms with Crippen LogP contribution in [0.15, 0.2) is 47.2 Å². The molecule has 5 N–H and O–H groups in total. The number of ether oxygens (including phenoxy) is 1. The number of rotatable bonds is 9. The molecule has 1 aromatic carbocycles. The van der Waals surface area contributed by atoms with E-state index in [0.29, 0.717) is 34.5 Å². The van der Waals surface area contributed by atoms with Crippen LogP contribution in [0, 0.1) is 5.82 Å². The number of H-pyrrole nitrogens is 1. The zero-order chi connectivity index (χ0) is 27.2. The number of nitrogens with zero attached hydrogens (tertiary/aromatic N) is 5. The highest BCUT2D eigenvalue weighted by atomic mass is 19.1. The van der Waals surface area contributed by atoms with E-state index in [1.54, 1.807) is 20.2 Å². The van der Waals surface area contributed by atoms with Crippen LogP contribution in [0.25, 0.3) is 22.2 Å². The molecule has 0 saturated carbocycles. The maximum Gasteiger partial charge on any atom is 0.241 e. The molecular formula is C26H34FN9O2. The summed E-state index contributed by atoms with van der Waals surface area (Å²) in [5.41, 5.74) is 8.21. The quantitative estimate of drug-likeness (QED) is 0.248. The third-order valence-electron chi connectivity index (χ3n) is 6.51. The molecule has 1 saturated heterocycles. The van der Waals surface area contributed by atoms with E-state index in [0.717, 1.165) is 32.4 Å². The molecule has 1 amide bonds. The number of fused-ring (bicyclic) bond motifs is 1. The number of hydrogen-bond acceptors (Lipinski definition) is 9. The predicted molar refractivity (Wildman–Crippen MR) is 147 cm³/mol. The van der Waals surface area contributed by atoms with Gasteiger partial charge in [-0.1, -0.05) is 12.1 Å². The summed E-state index contributed by atoms with van der Waals surface area (Å²) in [6.45, 7) is 7.61. The van der Waals surface area contributed by atoms with Gasteiger partial charge in [-0.2, -0.15) is 0 Å². The molecule has 1 unspecified atom stereocenters. The molecule has 12 heteroatoms. The van der Waals surface area contributed by atoms with E-state index in [1.165, 1.54) is 6.21 Å². The topological polar surface area (TPSA) is 137 Å². The number of carbonyl (C=O) groups is 1. The van der Waals surface area contributed by atoms with Gasteiger partial charge in [-0.3, -0.25) is 14.7 Å². The molecule has 38 heavy (non-hydrogen) atoms. The van der Waals surface area contributed by atoms with Gasteiger partial charge >= 0.3 is 0 Å². The number of hydrogen-bond donors (Lipinski definition) is 4. The first-order valence-corrected chi connectivity index (χ1v) is 12.5. The van der Waals surface area contributed by atoms with E-state index in [9.17, 15) is 9.18 Å². The van der Waals surface area contributed by atoms with Gasteiger partial charge in [0.1, 0.15) is 11.4 Å². The zero-order valence-corrected chi connectivity index (χ0v) is 22.1. The molecule has 0 bridgehead atoms. The highest BCUT2D eigenvalue weighted by Crippen LogP contribution is 2.33. The van der Waals surface area contributed by atoms with Crippen LogP contribution < -0.4 is 16.4 Å². The van der Waals surface area contributed by atoms with Gasteiger partial charge in [0.25, 0.3) is 0 Å². The lowest BCUT2D eigenvalue weighted by molar-refractivity contribution is -0.121. The number of nitrogens with two attached hydrogens (primary N) is 1. The molecular weight excluding hydrogens is 489 g/mol. The molecule has 1 atom stereocenters. The van der Waals surface area contributed by atoms with E-state index < -0.39 is 5.82 Å². The third kappa shape index (κ3) is 5.92. The number of nitrogens with one attached hydrogen (secondary N) is 3. The van der Waals surface area contributed by atoms with Gasteiger partial charge in [-0.25, -0.2) is 14.4 Å². The Hall–Kier alpha value is -4.03. The summed E-state index contributed by atoms with van der Waals surface area (Å²) in [4.78, 5) is 33.1. The standard InChI is InChI=1S/C26H34FN9O2/c1-5-38-24(28)21(15-29-3)33-26-31-14-19(27)22(34-26)18-13-30-23-17(18)7-6-8-20(23)32-25(37)16(2)36-11-9-35(4)10-12-36/h6-8,13-16,30H,5,9-12,28H2,1-4H3,(H,32,37)(H,31,33,34). The smallest absolute Gasteiger partial charge is 0.241 e. The van der Waals surface area contributed by atoms with Crippen molar-refractivity contribution in [1.82, 2.24) is 24.8 Å². The average molecular weight is 524 g/mol. The number of piperazine rings is 1. The van der Waals surface area contributed by atoms with E-state index in [2.05, 4.69) is 47.4 Å². The minimum atomic E-state index is -0.595. The van der Waals surface area contributed by atoms with Gasteiger partial charge in [0.05, 0.1) is 30.0 Å². The summed E-state index contributed by atoms with van der Waals surface area (Å²) in [6, 6.07) is 5.20. The molecule has 0 radical (unpaired) electrons. The fourth-order valence-corrected chi connectivity index (χ4v) is 4.32. The van der Waals surface area contributed by atoms with E-state index in [-0.39, 0.29) is 29.5 Å². The minimum absolute atomic E-state index is 0.0887. The Bertz CT molecular complexity index is 1350. The second-order valence-electron chi connectivity index (χ2n) is 9.05. The SMILES string of the molecule is CCOC(N)=C(C=NC)Nc1ncc(F)c(-c2c[nH]c3c(NC(=O)C(C)N4CCN(C)CC4)cccc23)n1. The van der Waals surface area contributed by atoms with Gasteiger partial charge in [0.2, 0.25) is 17.7 Å². The third-order valence-corrected chi connectivity index (χ3v) is 6.51. The lowest BCUT2D eigenvalue weighted by atomic mass is 10.1. The number of aromatic amines is 1. The van der Waals surface area contributed by atoms with Gasteiger partial charge in [0.15, 0.2) is 5.82 Å². The Morgan fingerprint density at radius 1 is 1.32 bits per heavy atom. The van der Waals surface area contributed by atoms with Gasteiger partial charge in [0, 0.05) is 56.6 Å². The lowest BCUT2D eigenvalue weighted by Gasteiger charge is -2.35. The first kappa shape index (κ1) is 27.0. The maximum atomic E-state index is 14.9. The maximum absolute atomic E-state index is 14.9. The first-order valence-electron chi connectivity index (χ1n) is 12.5. The Labute approximate surface area is 221 Å². The van der Waals surface area contributed by atoms with Crippen LogP contribution in [0.5, 0.6) is 0 Å². The predicted octanol–water partition coefficient (Wildman–Crippen LogP) is 2.62. The molecule has 1 aliphatic rings. The van der Waals surface area contributed by atoms with Crippen molar-refractivity contribution in [2.45, 2.75) is 19.9 Å². The van der Waals surface area contributed by atoms with Crippen LogP contribution in [0.1, 0.15) is 13.8 Å². The van der Waals surface area contributed by atoms with Crippen molar-refractivity contribution in [2.24, 2.45) is 10.7 Å². The first-order chi connectivity index (χ1) is 18.3. The molecule has 11 nitrogen and oxygen atoms in total. The monoisotopic (exact) mass is 523 g/mol. The molecule has 0 spiro atoms. The Morgan fingerprint density at radius 2 is 2.08 bits per heavy atom. The Morgan fingerprint density at radius 3 is 2.79 bits per heavy atom. The molecule has 3 heterocycles. The van der Waals surface area contributed by atoms with Crippen LogP contribution >= 0.6 is 0 Å². The van der Waals surface area contributed by atoms with Crippen molar-refractivity contribution in [1.29, 1.82) is 0 Å². The highest BCUT2D eigenvalue weighted by Gasteiger charge is 2.25. The molecule has 202 valence electrons. The second-order valence-corrected chi connectivity index (χ2v) is 9.05. The van der Waals surface area contributed by atoms with Crippen molar-refractivity contribution in [3.63, 3.8) is 0 Å². The largest absolute Gasteiger partial charge is 0.478 e. The number of carbonyl (C=O) groups excluding carboxylic acids is 1. The van der Waals surface area contributed by atoms with Crippen LogP contribution in [-0.4, -0.2) is 89.8 Å². The van der Waals surface area contributed by atoms with E-state index in [1.807, 2.05) is 25.1 Å².